The number of likely N-dealkylation sites (N-methyl/N-ethyl adjacent to an activating group) is 1. The largest absolute Gasteiger partial charge is 0.496 e. The summed E-state index contributed by atoms with van der Waals surface area (Å²) in [5.74, 6) is 1.55. The second kappa shape index (κ2) is 10.6. The van der Waals surface area contributed by atoms with Crippen LogP contribution >= 0.6 is 0 Å². The Labute approximate surface area is 151 Å². The van der Waals surface area contributed by atoms with Gasteiger partial charge in [-0.1, -0.05) is 19.1 Å². The van der Waals surface area contributed by atoms with Crippen molar-refractivity contribution in [3.8, 4) is 5.75 Å². The van der Waals surface area contributed by atoms with E-state index in [9.17, 15) is 4.79 Å². The molecule has 1 atom stereocenters. The predicted molar refractivity (Wildman–Crippen MR) is 103 cm³/mol. The minimum Gasteiger partial charge on any atom is -0.496 e. The summed E-state index contributed by atoms with van der Waals surface area (Å²) in [4.78, 5) is 17.7. The SMILES string of the molecule is CCC(C)NC(=NCC(=O)N(C)C)NCCc1ccc(C)c(OC)c1. The third-order valence-corrected chi connectivity index (χ3v) is 4.05. The van der Waals surface area contributed by atoms with E-state index in [1.54, 1.807) is 26.1 Å². The summed E-state index contributed by atoms with van der Waals surface area (Å²) < 4.78 is 5.37. The van der Waals surface area contributed by atoms with Crippen LogP contribution in [0, 0.1) is 6.92 Å². The minimum atomic E-state index is -0.0199. The molecule has 0 spiro atoms. The Morgan fingerprint density at radius 1 is 1.36 bits per heavy atom. The fourth-order valence-corrected chi connectivity index (χ4v) is 2.12. The molecule has 1 amide bonds. The molecule has 2 N–H and O–H groups in total. The van der Waals surface area contributed by atoms with Crippen molar-refractivity contribution >= 4 is 11.9 Å². The van der Waals surface area contributed by atoms with Gasteiger partial charge in [0.2, 0.25) is 5.91 Å². The normalized spacial score (nSPS) is 12.5. The highest BCUT2D eigenvalue weighted by Gasteiger charge is 2.07. The highest BCUT2D eigenvalue weighted by Crippen LogP contribution is 2.18. The number of aliphatic imine (C=N–C) groups is 1. The van der Waals surface area contributed by atoms with Gasteiger partial charge in [0.1, 0.15) is 12.3 Å². The van der Waals surface area contributed by atoms with Crippen molar-refractivity contribution in [2.75, 3.05) is 34.3 Å². The van der Waals surface area contributed by atoms with E-state index in [1.807, 2.05) is 6.92 Å². The molecular weight excluding hydrogens is 316 g/mol. The summed E-state index contributed by atoms with van der Waals surface area (Å²) in [5, 5.41) is 6.63. The van der Waals surface area contributed by atoms with Gasteiger partial charge in [0.05, 0.1) is 7.11 Å². The molecule has 6 heteroatoms. The van der Waals surface area contributed by atoms with Crippen LogP contribution in [-0.2, 0) is 11.2 Å². The zero-order valence-corrected chi connectivity index (χ0v) is 16.3. The molecule has 0 fully saturated rings. The molecule has 0 aromatic heterocycles. The van der Waals surface area contributed by atoms with Crippen LogP contribution < -0.4 is 15.4 Å². The third-order valence-electron chi connectivity index (χ3n) is 4.05. The molecule has 1 unspecified atom stereocenters. The number of carbonyl (C=O) groups excluding carboxylic acids is 1. The van der Waals surface area contributed by atoms with Gasteiger partial charge in [-0.25, -0.2) is 4.99 Å². The number of benzene rings is 1. The molecule has 6 nitrogen and oxygen atoms in total. The molecule has 1 aromatic rings. The Balaban J connectivity index is 2.65. The Kier molecular flexibility index (Phi) is 8.81. The molecule has 1 aromatic carbocycles. The van der Waals surface area contributed by atoms with Crippen LogP contribution in [0.25, 0.3) is 0 Å². The second-order valence-corrected chi connectivity index (χ2v) is 6.39. The van der Waals surface area contributed by atoms with Crippen molar-refractivity contribution in [2.45, 2.75) is 39.7 Å². The van der Waals surface area contributed by atoms with E-state index in [-0.39, 0.29) is 12.5 Å². The zero-order valence-electron chi connectivity index (χ0n) is 16.3. The van der Waals surface area contributed by atoms with Crippen molar-refractivity contribution < 1.29 is 9.53 Å². The summed E-state index contributed by atoms with van der Waals surface area (Å²) in [6.45, 7) is 7.10. The molecule has 140 valence electrons. The highest BCUT2D eigenvalue weighted by atomic mass is 16.5. The molecular formula is C19H32N4O2. The fraction of sp³-hybridized carbons (Fsp3) is 0.579. The zero-order chi connectivity index (χ0) is 18.8. The Morgan fingerprint density at radius 2 is 2.08 bits per heavy atom. The first-order chi connectivity index (χ1) is 11.9. The molecule has 0 saturated carbocycles. The molecule has 0 aliphatic carbocycles. The number of carbonyl (C=O) groups is 1. The lowest BCUT2D eigenvalue weighted by atomic mass is 10.1. The van der Waals surface area contributed by atoms with E-state index in [4.69, 9.17) is 4.74 Å². The standard InChI is InChI=1S/C19H32N4O2/c1-7-15(3)22-19(21-13-18(24)23(4)5)20-11-10-16-9-8-14(2)17(12-16)25-6/h8-9,12,15H,7,10-11,13H2,1-6H3,(H2,20,21,22). The lowest BCUT2D eigenvalue weighted by Crippen LogP contribution is -2.43. The smallest absolute Gasteiger partial charge is 0.243 e. The Bertz CT molecular complexity index is 585. The van der Waals surface area contributed by atoms with Crippen molar-refractivity contribution in [1.29, 1.82) is 0 Å². The molecule has 0 bridgehead atoms. The quantitative estimate of drug-likeness (QED) is 0.557. The monoisotopic (exact) mass is 348 g/mol. The fourth-order valence-electron chi connectivity index (χ4n) is 2.12. The van der Waals surface area contributed by atoms with Crippen molar-refractivity contribution in [2.24, 2.45) is 4.99 Å². The first-order valence-corrected chi connectivity index (χ1v) is 8.75. The number of ether oxygens (including phenoxy) is 1. The van der Waals surface area contributed by atoms with Crippen molar-refractivity contribution in [3.05, 3.63) is 29.3 Å². The number of methoxy groups -OCH3 is 1. The Hall–Kier alpha value is -2.24. The Morgan fingerprint density at radius 3 is 2.68 bits per heavy atom. The summed E-state index contributed by atoms with van der Waals surface area (Å²) in [6.07, 6.45) is 1.83. The number of guanidine groups is 1. The first-order valence-electron chi connectivity index (χ1n) is 8.75. The topological polar surface area (TPSA) is 66.0 Å². The molecule has 25 heavy (non-hydrogen) atoms. The minimum absolute atomic E-state index is 0.0199. The van der Waals surface area contributed by atoms with Gasteiger partial charge < -0.3 is 20.3 Å². The molecule has 0 aliphatic heterocycles. The van der Waals surface area contributed by atoms with Gasteiger partial charge in [0.15, 0.2) is 5.96 Å². The summed E-state index contributed by atoms with van der Waals surface area (Å²) >= 11 is 0. The number of nitrogens with one attached hydrogen (secondary N) is 2. The van der Waals surface area contributed by atoms with E-state index in [0.29, 0.717) is 12.0 Å². The van der Waals surface area contributed by atoms with Gasteiger partial charge in [-0.15, -0.1) is 0 Å². The van der Waals surface area contributed by atoms with E-state index in [2.05, 4.69) is 47.7 Å². The van der Waals surface area contributed by atoms with E-state index in [1.165, 1.54) is 5.56 Å². The highest BCUT2D eigenvalue weighted by molar-refractivity contribution is 5.84. The van der Waals surface area contributed by atoms with Crippen LogP contribution in [0.4, 0.5) is 0 Å². The van der Waals surface area contributed by atoms with Crippen LogP contribution in [0.5, 0.6) is 5.75 Å². The maximum atomic E-state index is 11.7. The summed E-state index contributed by atoms with van der Waals surface area (Å²) in [6, 6.07) is 6.52. The first kappa shape index (κ1) is 20.8. The number of rotatable bonds is 8. The summed E-state index contributed by atoms with van der Waals surface area (Å²) in [5.41, 5.74) is 2.32. The van der Waals surface area contributed by atoms with Crippen molar-refractivity contribution in [3.63, 3.8) is 0 Å². The van der Waals surface area contributed by atoms with Gasteiger partial charge in [0, 0.05) is 26.7 Å². The molecule has 0 heterocycles. The van der Waals surface area contributed by atoms with Gasteiger partial charge in [0.25, 0.3) is 0 Å². The maximum absolute atomic E-state index is 11.7. The van der Waals surface area contributed by atoms with Crippen LogP contribution in [-0.4, -0.2) is 57.1 Å². The second-order valence-electron chi connectivity index (χ2n) is 6.39. The van der Waals surface area contributed by atoms with Crippen LogP contribution in [0.1, 0.15) is 31.4 Å². The predicted octanol–water partition coefficient (Wildman–Crippen LogP) is 1.97. The number of amides is 1. The van der Waals surface area contributed by atoms with E-state index in [0.717, 1.165) is 30.7 Å². The van der Waals surface area contributed by atoms with Crippen LogP contribution in [0.2, 0.25) is 0 Å². The van der Waals surface area contributed by atoms with Gasteiger partial charge in [-0.05, 0) is 43.9 Å². The number of hydrogen-bond donors (Lipinski definition) is 2. The van der Waals surface area contributed by atoms with E-state index >= 15 is 0 Å². The molecule has 0 aliphatic rings. The lowest BCUT2D eigenvalue weighted by Gasteiger charge is -2.17. The molecule has 0 saturated heterocycles. The summed E-state index contributed by atoms with van der Waals surface area (Å²) in [7, 11) is 5.16. The van der Waals surface area contributed by atoms with Crippen LogP contribution in [0.3, 0.4) is 0 Å². The van der Waals surface area contributed by atoms with Gasteiger partial charge >= 0.3 is 0 Å². The average molecular weight is 348 g/mol. The van der Waals surface area contributed by atoms with Crippen LogP contribution in [0.15, 0.2) is 23.2 Å². The number of hydrogen-bond acceptors (Lipinski definition) is 3. The lowest BCUT2D eigenvalue weighted by molar-refractivity contribution is -0.127. The maximum Gasteiger partial charge on any atom is 0.243 e. The molecule has 0 radical (unpaired) electrons. The third kappa shape index (κ3) is 7.45. The average Bonchev–Trinajstić information content (AvgIpc) is 2.60. The van der Waals surface area contributed by atoms with E-state index < -0.39 is 0 Å². The van der Waals surface area contributed by atoms with Crippen molar-refractivity contribution in [1.82, 2.24) is 15.5 Å². The molecule has 1 rings (SSSR count). The number of aryl methyl sites for hydroxylation is 1. The van der Waals surface area contributed by atoms with Gasteiger partial charge in [-0.3, -0.25) is 4.79 Å². The number of nitrogens with zero attached hydrogens (tertiary/aromatic N) is 2. The van der Waals surface area contributed by atoms with Gasteiger partial charge in [-0.2, -0.15) is 0 Å².